The molecule has 164 valence electrons. The first kappa shape index (κ1) is 21.0. The molecule has 0 bridgehead atoms. The molecule has 32 heavy (non-hydrogen) atoms. The minimum Gasteiger partial charge on any atom is -0.372 e. The third kappa shape index (κ3) is 4.49. The average Bonchev–Trinajstić information content (AvgIpc) is 3.47. The molecule has 1 N–H and O–H groups in total. The van der Waals surface area contributed by atoms with Crippen LogP contribution in [0.15, 0.2) is 53.5 Å². The Hall–Kier alpha value is -2.92. The Labute approximate surface area is 194 Å². The van der Waals surface area contributed by atoms with Gasteiger partial charge in [0, 0.05) is 35.6 Å². The third-order valence-electron chi connectivity index (χ3n) is 6.38. The summed E-state index contributed by atoms with van der Waals surface area (Å²) in [6.45, 7) is 4.34. The fraction of sp³-hybridized carbons (Fsp3) is 0.333. The number of rotatable bonds is 5. The first-order valence-electron chi connectivity index (χ1n) is 11.6. The van der Waals surface area contributed by atoms with Crippen molar-refractivity contribution in [1.29, 1.82) is 0 Å². The summed E-state index contributed by atoms with van der Waals surface area (Å²) in [6, 6.07) is 16.5. The predicted molar refractivity (Wildman–Crippen MR) is 135 cm³/mol. The molecule has 1 fully saturated rings. The molecule has 3 aromatic rings. The zero-order valence-electron chi connectivity index (χ0n) is 18.6. The van der Waals surface area contributed by atoms with Crippen molar-refractivity contribution in [2.45, 2.75) is 45.4 Å². The fourth-order valence-electron chi connectivity index (χ4n) is 4.59. The van der Waals surface area contributed by atoms with Gasteiger partial charge >= 0.3 is 0 Å². The molecule has 1 aliphatic carbocycles. The molecule has 5 rings (SSSR count). The highest BCUT2D eigenvalue weighted by atomic mass is 32.1. The average molecular weight is 444 g/mol. The van der Waals surface area contributed by atoms with Gasteiger partial charge < -0.3 is 10.2 Å². The Kier molecular flexibility index (Phi) is 6.08. The summed E-state index contributed by atoms with van der Waals surface area (Å²) in [5, 5.41) is 3.91. The van der Waals surface area contributed by atoms with Gasteiger partial charge in [0.1, 0.15) is 5.00 Å². The smallest absolute Gasteiger partial charge is 0.259 e. The summed E-state index contributed by atoms with van der Waals surface area (Å²) >= 11 is 1.68. The van der Waals surface area contributed by atoms with E-state index in [2.05, 4.69) is 34.5 Å². The van der Waals surface area contributed by atoms with Crippen molar-refractivity contribution in [3.63, 3.8) is 0 Å². The molecule has 0 saturated carbocycles. The van der Waals surface area contributed by atoms with Crippen LogP contribution in [0.3, 0.4) is 0 Å². The molecular formula is C27H29N3OS. The zero-order chi connectivity index (χ0) is 21.9. The quantitative estimate of drug-likeness (QED) is 0.455. The van der Waals surface area contributed by atoms with E-state index in [1.54, 1.807) is 11.3 Å². The molecule has 0 atom stereocenters. The number of hydrogen-bond acceptors (Lipinski definition) is 4. The third-order valence-corrected chi connectivity index (χ3v) is 7.58. The number of carbonyl (C=O) groups excluding carboxylic acids is 1. The van der Waals surface area contributed by atoms with Crippen LogP contribution < -0.4 is 10.2 Å². The van der Waals surface area contributed by atoms with Crippen LogP contribution in [0.1, 0.15) is 57.6 Å². The van der Waals surface area contributed by atoms with E-state index in [0.29, 0.717) is 0 Å². The molecular weight excluding hydrogens is 414 g/mol. The number of aryl methyl sites for hydroxylation is 2. The summed E-state index contributed by atoms with van der Waals surface area (Å²) in [5.41, 5.74) is 6.30. The highest BCUT2D eigenvalue weighted by Crippen LogP contribution is 2.40. The first-order valence-corrected chi connectivity index (χ1v) is 12.4. The number of aliphatic imine (C=N–C) groups is 1. The number of hydrogen-bond donors (Lipinski definition) is 1. The van der Waals surface area contributed by atoms with Crippen LogP contribution >= 0.6 is 11.3 Å². The summed E-state index contributed by atoms with van der Waals surface area (Å²) < 4.78 is 0. The van der Waals surface area contributed by atoms with Crippen molar-refractivity contribution in [2.24, 2.45) is 4.99 Å². The lowest BCUT2D eigenvalue weighted by Gasteiger charge is -2.17. The van der Waals surface area contributed by atoms with Gasteiger partial charge in [-0.2, -0.15) is 0 Å². The van der Waals surface area contributed by atoms with Crippen LogP contribution in [0.4, 0.5) is 16.4 Å². The van der Waals surface area contributed by atoms with Gasteiger partial charge in [0.05, 0.1) is 5.56 Å². The minimum atomic E-state index is -0.0511. The lowest BCUT2D eigenvalue weighted by atomic mass is 9.95. The van der Waals surface area contributed by atoms with Gasteiger partial charge in [0.25, 0.3) is 5.91 Å². The van der Waals surface area contributed by atoms with Crippen molar-refractivity contribution < 1.29 is 4.79 Å². The molecule has 2 aromatic carbocycles. The van der Waals surface area contributed by atoms with Crippen LogP contribution in [-0.4, -0.2) is 25.2 Å². The monoisotopic (exact) mass is 443 g/mol. The number of anilines is 2. The first-order chi connectivity index (χ1) is 15.7. The zero-order valence-corrected chi connectivity index (χ0v) is 19.4. The van der Waals surface area contributed by atoms with Gasteiger partial charge in [-0.1, -0.05) is 29.8 Å². The predicted octanol–water partition coefficient (Wildman–Crippen LogP) is 6.54. The SMILES string of the molecule is Cc1ccc(NC(=O)c2c(N=Cc3ccc(N4CCCC4)cc3)sc3c2CCCC3)cc1. The largest absolute Gasteiger partial charge is 0.372 e. The Morgan fingerprint density at radius 1 is 0.969 bits per heavy atom. The van der Waals surface area contributed by atoms with Crippen molar-refractivity contribution in [3.05, 3.63) is 75.7 Å². The topological polar surface area (TPSA) is 44.7 Å². The summed E-state index contributed by atoms with van der Waals surface area (Å²) in [4.78, 5) is 21.8. The van der Waals surface area contributed by atoms with Crippen LogP contribution in [0.2, 0.25) is 0 Å². The number of fused-ring (bicyclic) bond motifs is 1. The van der Waals surface area contributed by atoms with E-state index < -0.39 is 0 Å². The van der Waals surface area contributed by atoms with Gasteiger partial charge in [0.2, 0.25) is 0 Å². The molecule has 0 unspecified atom stereocenters. The molecule has 1 amide bonds. The van der Waals surface area contributed by atoms with Gasteiger partial charge in [-0.15, -0.1) is 11.3 Å². The summed E-state index contributed by atoms with van der Waals surface area (Å²) in [7, 11) is 0. The molecule has 1 aliphatic heterocycles. The van der Waals surface area contributed by atoms with Crippen LogP contribution in [0.25, 0.3) is 0 Å². The summed E-state index contributed by atoms with van der Waals surface area (Å²) in [6.07, 6.45) is 8.78. The molecule has 4 nitrogen and oxygen atoms in total. The van der Waals surface area contributed by atoms with Crippen molar-refractivity contribution >= 4 is 39.8 Å². The van der Waals surface area contributed by atoms with E-state index in [4.69, 9.17) is 4.99 Å². The number of amides is 1. The lowest BCUT2D eigenvalue weighted by Crippen LogP contribution is -2.17. The molecule has 2 heterocycles. The Balaban J connectivity index is 1.40. The maximum absolute atomic E-state index is 13.3. The van der Waals surface area contributed by atoms with E-state index >= 15 is 0 Å². The summed E-state index contributed by atoms with van der Waals surface area (Å²) in [5.74, 6) is -0.0511. The van der Waals surface area contributed by atoms with E-state index in [1.807, 2.05) is 37.4 Å². The Morgan fingerprint density at radius 3 is 2.44 bits per heavy atom. The van der Waals surface area contributed by atoms with Crippen LogP contribution in [0, 0.1) is 6.92 Å². The van der Waals surface area contributed by atoms with Crippen LogP contribution in [-0.2, 0) is 12.8 Å². The van der Waals surface area contributed by atoms with Crippen molar-refractivity contribution in [2.75, 3.05) is 23.3 Å². The number of nitrogens with zero attached hydrogens (tertiary/aromatic N) is 2. The van der Waals surface area contributed by atoms with Crippen LogP contribution in [0.5, 0.6) is 0 Å². The van der Waals surface area contributed by atoms with E-state index in [1.165, 1.54) is 41.0 Å². The van der Waals surface area contributed by atoms with E-state index in [-0.39, 0.29) is 5.91 Å². The highest BCUT2D eigenvalue weighted by Gasteiger charge is 2.25. The normalized spacial score (nSPS) is 15.8. The van der Waals surface area contributed by atoms with E-state index in [0.717, 1.165) is 54.2 Å². The molecule has 1 saturated heterocycles. The highest BCUT2D eigenvalue weighted by molar-refractivity contribution is 7.16. The fourth-order valence-corrected chi connectivity index (χ4v) is 5.82. The number of benzene rings is 2. The van der Waals surface area contributed by atoms with Gasteiger partial charge in [0.15, 0.2) is 0 Å². The second kappa shape index (κ2) is 9.29. The molecule has 0 spiro atoms. The number of nitrogens with one attached hydrogen (secondary N) is 1. The Morgan fingerprint density at radius 2 is 1.69 bits per heavy atom. The standard InChI is InChI=1S/C27H29N3OS/c1-19-8-12-21(13-9-19)29-26(31)25-23-6-2-3-7-24(23)32-27(25)28-18-20-10-14-22(15-11-20)30-16-4-5-17-30/h8-15,18H,2-7,16-17H2,1H3,(H,29,31). The van der Waals surface area contributed by atoms with E-state index in [9.17, 15) is 4.79 Å². The second-order valence-electron chi connectivity index (χ2n) is 8.76. The maximum atomic E-state index is 13.3. The van der Waals surface area contributed by atoms with Gasteiger partial charge in [-0.05, 0) is 80.8 Å². The van der Waals surface area contributed by atoms with Gasteiger partial charge in [-0.3, -0.25) is 4.79 Å². The maximum Gasteiger partial charge on any atom is 0.259 e. The van der Waals surface area contributed by atoms with Gasteiger partial charge in [-0.25, -0.2) is 4.99 Å². The minimum absolute atomic E-state index is 0.0511. The molecule has 2 aliphatic rings. The number of carbonyl (C=O) groups is 1. The molecule has 0 radical (unpaired) electrons. The lowest BCUT2D eigenvalue weighted by molar-refractivity contribution is 0.102. The molecule has 5 heteroatoms. The molecule has 1 aromatic heterocycles. The van der Waals surface area contributed by atoms with Crippen molar-refractivity contribution in [3.8, 4) is 0 Å². The Bertz CT molecular complexity index is 1120. The number of thiophene rings is 1. The second-order valence-corrected chi connectivity index (χ2v) is 9.84. The van der Waals surface area contributed by atoms with Crippen molar-refractivity contribution in [1.82, 2.24) is 0 Å².